The van der Waals surface area contributed by atoms with E-state index in [-0.39, 0.29) is 13.2 Å². The van der Waals surface area contributed by atoms with Crippen molar-refractivity contribution in [3.8, 4) is 0 Å². The first-order chi connectivity index (χ1) is 11.6. The molecule has 0 unspecified atom stereocenters. The molecule has 0 saturated heterocycles. The van der Waals surface area contributed by atoms with Crippen molar-refractivity contribution in [3.05, 3.63) is 11.7 Å². The van der Waals surface area contributed by atoms with Crippen molar-refractivity contribution in [2.75, 3.05) is 26.4 Å². The fraction of sp³-hybridized carbons (Fsp3) is 0.900. The molecular weight excluding hydrogens is 310 g/mol. The number of hydrogen-bond acceptors (Lipinski definition) is 2. The predicted octanol–water partition coefficient (Wildman–Crippen LogP) is 5.82. The van der Waals surface area contributed by atoms with Gasteiger partial charge in [-0.15, -0.1) is 0 Å². The highest BCUT2D eigenvalue weighted by molar-refractivity contribution is 5.00. The van der Waals surface area contributed by atoms with Crippen LogP contribution in [0.15, 0.2) is 11.7 Å². The minimum atomic E-state index is -0.841. The second-order valence-corrected chi connectivity index (χ2v) is 7.76. The fourth-order valence-corrected chi connectivity index (χ4v) is 4.25. The van der Waals surface area contributed by atoms with Gasteiger partial charge < -0.3 is 9.47 Å². The third kappa shape index (κ3) is 6.44. The molecule has 0 aromatic rings. The summed E-state index contributed by atoms with van der Waals surface area (Å²) in [5.74, 6) is 1.56. The van der Waals surface area contributed by atoms with E-state index in [0.717, 1.165) is 17.8 Å². The molecule has 0 radical (unpaired) electrons. The van der Waals surface area contributed by atoms with E-state index in [0.29, 0.717) is 19.1 Å². The molecule has 2 rings (SSSR count). The zero-order valence-corrected chi connectivity index (χ0v) is 15.4. The van der Waals surface area contributed by atoms with Crippen LogP contribution in [0.3, 0.4) is 0 Å². The van der Waals surface area contributed by atoms with Crippen LogP contribution in [0.25, 0.3) is 0 Å². The maximum atomic E-state index is 13.5. The zero-order valence-electron chi connectivity index (χ0n) is 15.4. The summed E-state index contributed by atoms with van der Waals surface area (Å²) in [5.41, 5.74) is 0. The summed E-state index contributed by atoms with van der Waals surface area (Å²) in [5, 5.41) is 0. The predicted molar refractivity (Wildman–Crippen MR) is 93.1 cm³/mol. The van der Waals surface area contributed by atoms with Crippen molar-refractivity contribution in [3.63, 3.8) is 0 Å². The summed E-state index contributed by atoms with van der Waals surface area (Å²) >= 11 is 0. The maximum absolute atomic E-state index is 13.5. The van der Waals surface area contributed by atoms with E-state index in [1.807, 2.05) is 0 Å². The van der Waals surface area contributed by atoms with Crippen LogP contribution in [0.4, 0.5) is 8.78 Å². The van der Waals surface area contributed by atoms with Gasteiger partial charge in [0.1, 0.15) is 13.2 Å². The number of hydrogen-bond donors (Lipinski definition) is 0. The molecule has 0 heterocycles. The highest BCUT2D eigenvalue weighted by Gasteiger charge is 2.29. The lowest BCUT2D eigenvalue weighted by atomic mass is 9.69. The summed E-state index contributed by atoms with van der Waals surface area (Å²) in [6.45, 7) is 4.49. The van der Waals surface area contributed by atoms with Crippen LogP contribution in [0.1, 0.15) is 65.2 Å². The third-order valence-electron chi connectivity index (χ3n) is 5.93. The Bertz CT molecular complexity index is 381. The average molecular weight is 344 g/mol. The molecule has 0 bridgehead atoms. The Kier molecular flexibility index (Phi) is 8.68. The highest BCUT2D eigenvalue weighted by atomic mass is 19.2. The lowest BCUT2D eigenvalue weighted by Gasteiger charge is -2.37. The van der Waals surface area contributed by atoms with Crippen molar-refractivity contribution in [1.82, 2.24) is 0 Å². The second-order valence-electron chi connectivity index (χ2n) is 7.76. The smallest absolute Gasteiger partial charge is 0.159 e. The molecule has 140 valence electrons. The zero-order chi connectivity index (χ0) is 17.4. The Morgan fingerprint density at radius 2 is 1.29 bits per heavy atom. The molecule has 4 heteroatoms. The molecule has 0 atom stereocenters. The fourth-order valence-electron chi connectivity index (χ4n) is 4.25. The van der Waals surface area contributed by atoms with Crippen molar-refractivity contribution in [2.24, 2.45) is 23.7 Å². The van der Waals surface area contributed by atoms with E-state index >= 15 is 0 Å². The molecule has 2 aliphatic rings. The Labute approximate surface area is 146 Å². The maximum Gasteiger partial charge on any atom is 0.159 e. The normalized spacial score (nSPS) is 32.5. The molecule has 0 aromatic carbocycles. The first kappa shape index (κ1) is 19.8. The van der Waals surface area contributed by atoms with Crippen LogP contribution in [-0.2, 0) is 9.47 Å². The molecule has 24 heavy (non-hydrogen) atoms. The van der Waals surface area contributed by atoms with Gasteiger partial charge in [-0.1, -0.05) is 19.8 Å². The van der Waals surface area contributed by atoms with E-state index in [1.165, 1.54) is 51.4 Å². The van der Waals surface area contributed by atoms with E-state index in [2.05, 4.69) is 6.92 Å². The summed E-state index contributed by atoms with van der Waals surface area (Å²) < 4.78 is 37.1. The van der Waals surface area contributed by atoms with Crippen molar-refractivity contribution < 1.29 is 18.3 Å². The quantitative estimate of drug-likeness (QED) is 0.552. The summed E-state index contributed by atoms with van der Waals surface area (Å²) in [7, 11) is 0. The van der Waals surface area contributed by atoms with Gasteiger partial charge in [0.2, 0.25) is 0 Å². The van der Waals surface area contributed by atoms with Gasteiger partial charge in [-0.2, -0.15) is 0 Å². The average Bonchev–Trinajstić information content (AvgIpc) is 2.61. The Morgan fingerprint density at radius 1 is 0.792 bits per heavy atom. The van der Waals surface area contributed by atoms with Crippen molar-refractivity contribution >= 4 is 0 Å². The molecule has 0 amide bonds. The minimum absolute atomic E-state index is 0.265. The first-order valence-corrected chi connectivity index (χ1v) is 9.78. The Hall–Kier alpha value is -0.480. The van der Waals surface area contributed by atoms with Gasteiger partial charge in [-0.3, -0.25) is 0 Å². The van der Waals surface area contributed by atoms with Crippen LogP contribution in [0.5, 0.6) is 0 Å². The molecule has 2 nitrogen and oxygen atoms in total. The molecular formula is C20H34F2O2. The molecule has 2 saturated carbocycles. The lowest BCUT2D eigenvalue weighted by molar-refractivity contribution is 0.0677. The van der Waals surface area contributed by atoms with Gasteiger partial charge in [0.05, 0.1) is 0 Å². The SMILES string of the molecule is CCOC/C(F)=C(/F)COCC1CCC(C2CCC(C)CC2)CC1. The van der Waals surface area contributed by atoms with Gasteiger partial charge in [0, 0.05) is 13.2 Å². The van der Waals surface area contributed by atoms with Crippen LogP contribution >= 0.6 is 0 Å². The Balaban J connectivity index is 1.61. The van der Waals surface area contributed by atoms with Crippen LogP contribution in [-0.4, -0.2) is 26.4 Å². The summed E-state index contributed by atoms with van der Waals surface area (Å²) in [6.07, 6.45) is 10.5. The number of rotatable bonds is 8. The van der Waals surface area contributed by atoms with Crippen LogP contribution in [0, 0.1) is 23.7 Å². The van der Waals surface area contributed by atoms with Gasteiger partial charge in [0.25, 0.3) is 0 Å². The summed E-state index contributed by atoms with van der Waals surface area (Å²) in [6, 6.07) is 0. The summed E-state index contributed by atoms with van der Waals surface area (Å²) in [4.78, 5) is 0. The lowest BCUT2D eigenvalue weighted by Crippen LogP contribution is -2.26. The molecule has 0 spiro atoms. The van der Waals surface area contributed by atoms with Crippen molar-refractivity contribution in [2.45, 2.75) is 65.2 Å². The van der Waals surface area contributed by atoms with Gasteiger partial charge in [-0.25, -0.2) is 8.78 Å². The van der Waals surface area contributed by atoms with Crippen LogP contribution < -0.4 is 0 Å². The Morgan fingerprint density at radius 3 is 1.83 bits per heavy atom. The molecule has 0 aliphatic heterocycles. The van der Waals surface area contributed by atoms with E-state index in [4.69, 9.17) is 9.47 Å². The largest absolute Gasteiger partial charge is 0.375 e. The molecule has 2 aliphatic carbocycles. The standard InChI is InChI=1S/C20H34F2O2/c1-3-23-13-19(21)20(22)14-24-12-16-6-10-18(11-7-16)17-8-4-15(2)5-9-17/h15-18H,3-14H2,1-2H3/b20-19-. The molecule has 2 fully saturated rings. The van der Waals surface area contributed by atoms with Gasteiger partial charge in [-0.05, 0) is 69.1 Å². The first-order valence-electron chi connectivity index (χ1n) is 9.78. The molecule has 0 aromatic heterocycles. The van der Waals surface area contributed by atoms with Gasteiger partial charge >= 0.3 is 0 Å². The van der Waals surface area contributed by atoms with Crippen molar-refractivity contribution in [1.29, 1.82) is 0 Å². The van der Waals surface area contributed by atoms with E-state index < -0.39 is 11.7 Å². The topological polar surface area (TPSA) is 18.5 Å². The minimum Gasteiger partial charge on any atom is -0.375 e. The second kappa shape index (κ2) is 10.5. The molecule has 0 N–H and O–H groups in total. The number of ether oxygens (including phenoxy) is 2. The van der Waals surface area contributed by atoms with Gasteiger partial charge in [0.15, 0.2) is 11.7 Å². The van der Waals surface area contributed by atoms with Crippen LogP contribution in [0.2, 0.25) is 0 Å². The monoisotopic (exact) mass is 344 g/mol. The number of halogens is 2. The highest BCUT2D eigenvalue weighted by Crippen LogP contribution is 2.41. The third-order valence-corrected chi connectivity index (χ3v) is 5.93. The van der Waals surface area contributed by atoms with E-state index in [9.17, 15) is 8.78 Å². The van der Waals surface area contributed by atoms with E-state index in [1.54, 1.807) is 6.92 Å².